The van der Waals surface area contributed by atoms with Crippen LogP contribution in [0.2, 0.25) is 0 Å². The standard InChI is InChI=1S/C20H25N3O2/c1-3-23(4-2)20(25)16-9-7-10-17(14-16)22-19(24)13-12-15-8-5-6-11-18(15)21/h5-11,14H,3-4,12-13,21H2,1-2H3,(H,22,24). The molecule has 0 aromatic heterocycles. The number of carbonyl (C=O) groups is 2. The second-order valence-electron chi connectivity index (χ2n) is 5.81. The summed E-state index contributed by atoms with van der Waals surface area (Å²) >= 11 is 0. The molecule has 0 aliphatic rings. The molecule has 2 rings (SSSR count). The van der Waals surface area contributed by atoms with Crippen LogP contribution < -0.4 is 11.1 Å². The van der Waals surface area contributed by atoms with Gasteiger partial charge in [0.25, 0.3) is 5.91 Å². The fourth-order valence-electron chi connectivity index (χ4n) is 2.66. The molecule has 0 spiro atoms. The monoisotopic (exact) mass is 339 g/mol. The Balaban J connectivity index is 1.98. The highest BCUT2D eigenvalue weighted by atomic mass is 16.2. The number of hydrogen-bond donors (Lipinski definition) is 2. The third-order valence-corrected chi connectivity index (χ3v) is 4.12. The van der Waals surface area contributed by atoms with Gasteiger partial charge in [0.1, 0.15) is 0 Å². The third-order valence-electron chi connectivity index (χ3n) is 4.12. The minimum absolute atomic E-state index is 0.0295. The highest BCUT2D eigenvalue weighted by molar-refractivity contribution is 5.97. The number of nitrogens with two attached hydrogens (primary N) is 1. The van der Waals surface area contributed by atoms with Gasteiger partial charge >= 0.3 is 0 Å². The molecule has 0 heterocycles. The Morgan fingerprint density at radius 3 is 2.44 bits per heavy atom. The van der Waals surface area contributed by atoms with Crippen LogP contribution in [-0.4, -0.2) is 29.8 Å². The number of anilines is 2. The van der Waals surface area contributed by atoms with Crippen LogP contribution >= 0.6 is 0 Å². The molecule has 5 nitrogen and oxygen atoms in total. The van der Waals surface area contributed by atoms with Crippen molar-refractivity contribution < 1.29 is 9.59 Å². The number of benzene rings is 2. The van der Waals surface area contributed by atoms with Crippen molar-refractivity contribution in [3.63, 3.8) is 0 Å². The van der Waals surface area contributed by atoms with E-state index in [9.17, 15) is 9.59 Å². The number of aryl methyl sites for hydroxylation is 1. The molecule has 0 bridgehead atoms. The van der Waals surface area contributed by atoms with E-state index in [0.717, 1.165) is 5.56 Å². The summed E-state index contributed by atoms with van der Waals surface area (Å²) in [5.41, 5.74) is 8.76. The second-order valence-corrected chi connectivity index (χ2v) is 5.81. The van der Waals surface area contributed by atoms with E-state index in [-0.39, 0.29) is 11.8 Å². The SMILES string of the molecule is CCN(CC)C(=O)c1cccc(NC(=O)CCc2ccccc2N)c1. The molecule has 2 aromatic carbocycles. The van der Waals surface area contributed by atoms with Crippen molar-refractivity contribution in [2.24, 2.45) is 0 Å². The van der Waals surface area contributed by atoms with Gasteiger partial charge in [-0.05, 0) is 50.1 Å². The third kappa shape index (κ3) is 5.08. The lowest BCUT2D eigenvalue weighted by Gasteiger charge is -2.19. The van der Waals surface area contributed by atoms with Crippen LogP contribution in [-0.2, 0) is 11.2 Å². The van der Waals surface area contributed by atoms with Crippen LogP contribution in [0.3, 0.4) is 0 Å². The summed E-state index contributed by atoms with van der Waals surface area (Å²) < 4.78 is 0. The Kier molecular flexibility index (Phi) is 6.57. The van der Waals surface area contributed by atoms with Gasteiger partial charge in [-0.2, -0.15) is 0 Å². The lowest BCUT2D eigenvalue weighted by molar-refractivity contribution is -0.116. The molecule has 5 heteroatoms. The molecule has 0 saturated carbocycles. The average molecular weight is 339 g/mol. The Hall–Kier alpha value is -2.82. The molecule has 0 atom stereocenters. The molecule has 0 unspecified atom stereocenters. The van der Waals surface area contributed by atoms with Crippen LogP contribution in [0.4, 0.5) is 11.4 Å². The van der Waals surface area contributed by atoms with E-state index in [4.69, 9.17) is 5.73 Å². The smallest absolute Gasteiger partial charge is 0.253 e. The van der Waals surface area contributed by atoms with Crippen molar-refractivity contribution >= 4 is 23.2 Å². The summed E-state index contributed by atoms with van der Waals surface area (Å²) in [6.07, 6.45) is 0.916. The first kappa shape index (κ1) is 18.5. The van der Waals surface area contributed by atoms with Crippen LogP contribution in [0.25, 0.3) is 0 Å². The maximum absolute atomic E-state index is 12.4. The largest absolute Gasteiger partial charge is 0.399 e. The maximum Gasteiger partial charge on any atom is 0.253 e. The van der Waals surface area contributed by atoms with Gasteiger partial charge in [-0.25, -0.2) is 0 Å². The number of para-hydroxylation sites is 1. The fourth-order valence-corrected chi connectivity index (χ4v) is 2.66. The molecule has 132 valence electrons. The van der Waals surface area contributed by atoms with Gasteiger partial charge in [0, 0.05) is 36.4 Å². The lowest BCUT2D eigenvalue weighted by atomic mass is 10.1. The molecule has 0 aliphatic heterocycles. The molecule has 0 radical (unpaired) electrons. The van der Waals surface area contributed by atoms with Crippen molar-refractivity contribution in [1.82, 2.24) is 4.90 Å². The van der Waals surface area contributed by atoms with E-state index >= 15 is 0 Å². The van der Waals surface area contributed by atoms with Crippen LogP contribution in [0.1, 0.15) is 36.2 Å². The molecule has 3 N–H and O–H groups in total. The first-order chi connectivity index (χ1) is 12.0. The van der Waals surface area contributed by atoms with E-state index in [1.54, 1.807) is 29.2 Å². The van der Waals surface area contributed by atoms with Crippen LogP contribution in [0.5, 0.6) is 0 Å². The van der Waals surface area contributed by atoms with E-state index in [2.05, 4.69) is 5.32 Å². The highest BCUT2D eigenvalue weighted by Crippen LogP contribution is 2.15. The van der Waals surface area contributed by atoms with E-state index in [1.807, 2.05) is 38.1 Å². The van der Waals surface area contributed by atoms with E-state index in [0.29, 0.717) is 42.9 Å². The van der Waals surface area contributed by atoms with E-state index < -0.39 is 0 Å². The quantitative estimate of drug-likeness (QED) is 0.760. The number of nitrogens with zero attached hydrogens (tertiary/aromatic N) is 1. The van der Waals surface area contributed by atoms with Gasteiger partial charge in [0.05, 0.1) is 0 Å². The Morgan fingerprint density at radius 2 is 1.76 bits per heavy atom. The lowest BCUT2D eigenvalue weighted by Crippen LogP contribution is -2.30. The maximum atomic E-state index is 12.4. The highest BCUT2D eigenvalue weighted by Gasteiger charge is 2.13. The Labute approximate surface area is 148 Å². The van der Waals surface area contributed by atoms with Crippen molar-refractivity contribution in [1.29, 1.82) is 0 Å². The first-order valence-electron chi connectivity index (χ1n) is 8.57. The molecule has 0 saturated heterocycles. The van der Waals surface area contributed by atoms with Gasteiger partial charge in [-0.3, -0.25) is 9.59 Å². The first-order valence-corrected chi connectivity index (χ1v) is 8.57. The summed E-state index contributed by atoms with van der Waals surface area (Å²) in [5.74, 6) is -0.131. The minimum Gasteiger partial charge on any atom is -0.399 e. The summed E-state index contributed by atoms with van der Waals surface area (Å²) in [6, 6.07) is 14.6. The van der Waals surface area contributed by atoms with Crippen molar-refractivity contribution in [2.75, 3.05) is 24.1 Å². The number of carbonyl (C=O) groups excluding carboxylic acids is 2. The van der Waals surface area contributed by atoms with Gasteiger partial charge in [0.15, 0.2) is 0 Å². The van der Waals surface area contributed by atoms with Gasteiger partial charge in [-0.15, -0.1) is 0 Å². The van der Waals surface area contributed by atoms with E-state index in [1.165, 1.54) is 0 Å². The molecule has 0 aliphatic carbocycles. The van der Waals surface area contributed by atoms with Crippen LogP contribution in [0, 0.1) is 0 Å². The predicted octanol–water partition coefficient (Wildman–Crippen LogP) is 3.32. The summed E-state index contributed by atoms with van der Waals surface area (Å²) in [4.78, 5) is 26.3. The normalized spacial score (nSPS) is 10.3. The zero-order valence-electron chi connectivity index (χ0n) is 14.8. The van der Waals surface area contributed by atoms with Gasteiger partial charge < -0.3 is 16.0 Å². The average Bonchev–Trinajstić information content (AvgIpc) is 2.62. The van der Waals surface area contributed by atoms with Crippen molar-refractivity contribution in [3.05, 3.63) is 59.7 Å². The van der Waals surface area contributed by atoms with Crippen molar-refractivity contribution in [2.45, 2.75) is 26.7 Å². The summed E-state index contributed by atoms with van der Waals surface area (Å²) in [6.45, 7) is 5.21. The molecule has 0 fully saturated rings. The number of amides is 2. The van der Waals surface area contributed by atoms with Crippen LogP contribution in [0.15, 0.2) is 48.5 Å². The minimum atomic E-state index is -0.101. The van der Waals surface area contributed by atoms with Crippen molar-refractivity contribution in [3.8, 4) is 0 Å². The van der Waals surface area contributed by atoms with Gasteiger partial charge in [0.2, 0.25) is 5.91 Å². The molecule has 25 heavy (non-hydrogen) atoms. The number of nitrogen functional groups attached to an aromatic ring is 1. The molecule has 2 aromatic rings. The number of nitrogens with one attached hydrogen (secondary N) is 1. The molecular formula is C20H25N3O2. The summed E-state index contributed by atoms with van der Waals surface area (Å²) in [5, 5.41) is 2.85. The fraction of sp³-hybridized carbons (Fsp3) is 0.300. The second kappa shape index (κ2) is 8.87. The Morgan fingerprint density at radius 1 is 1.04 bits per heavy atom. The molecular weight excluding hydrogens is 314 g/mol. The van der Waals surface area contributed by atoms with Gasteiger partial charge in [-0.1, -0.05) is 24.3 Å². The zero-order valence-corrected chi connectivity index (χ0v) is 14.8. The number of hydrogen-bond acceptors (Lipinski definition) is 3. The number of rotatable bonds is 7. The zero-order chi connectivity index (χ0) is 18.2. The Bertz CT molecular complexity index is 739. The predicted molar refractivity (Wildman–Crippen MR) is 101 cm³/mol. The topological polar surface area (TPSA) is 75.4 Å². The molecule has 2 amide bonds. The summed E-state index contributed by atoms with van der Waals surface area (Å²) in [7, 11) is 0.